The fraction of sp³-hybridized carbons (Fsp3) is 0.375. The molecule has 0 spiro atoms. The lowest BCUT2D eigenvalue weighted by Gasteiger charge is -2.27. The van der Waals surface area contributed by atoms with Crippen molar-refractivity contribution in [3.63, 3.8) is 0 Å². The maximum atomic E-state index is 12.1. The molecule has 0 radical (unpaired) electrons. The number of benzene rings is 1. The van der Waals surface area contributed by atoms with Crippen molar-refractivity contribution >= 4 is 33.8 Å². The Morgan fingerprint density at radius 1 is 1.23 bits per heavy atom. The van der Waals surface area contributed by atoms with Crippen LogP contribution in [0.2, 0.25) is 0 Å². The van der Waals surface area contributed by atoms with E-state index in [-0.39, 0.29) is 5.12 Å². The third kappa shape index (κ3) is 3.34. The van der Waals surface area contributed by atoms with E-state index in [1.165, 1.54) is 11.8 Å². The zero-order valence-corrected chi connectivity index (χ0v) is 13.6. The second-order valence-corrected chi connectivity index (χ2v) is 6.34. The van der Waals surface area contributed by atoms with E-state index in [2.05, 4.69) is 9.89 Å². The summed E-state index contributed by atoms with van der Waals surface area (Å²) in [7, 11) is 4.01. The van der Waals surface area contributed by atoms with Crippen LogP contribution in [0.4, 0.5) is 5.69 Å². The molecule has 116 valence electrons. The monoisotopic (exact) mass is 317 g/mol. The van der Waals surface area contributed by atoms with Crippen LogP contribution < -0.4 is 4.90 Å². The van der Waals surface area contributed by atoms with Gasteiger partial charge in [0.1, 0.15) is 5.70 Å². The first kappa shape index (κ1) is 15.1. The van der Waals surface area contributed by atoms with Crippen molar-refractivity contribution in [2.24, 2.45) is 4.99 Å². The fourth-order valence-corrected chi connectivity index (χ4v) is 3.14. The number of hydrogen-bond acceptors (Lipinski definition) is 6. The Kier molecular flexibility index (Phi) is 4.49. The number of anilines is 1. The Bertz CT molecular complexity index is 617. The maximum Gasteiger partial charge on any atom is 0.245 e. The summed E-state index contributed by atoms with van der Waals surface area (Å²) in [6.07, 6.45) is 1.85. The van der Waals surface area contributed by atoms with Gasteiger partial charge < -0.3 is 14.5 Å². The predicted molar refractivity (Wildman–Crippen MR) is 91.2 cm³/mol. The lowest BCUT2D eigenvalue weighted by Crippen LogP contribution is -2.38. The molecule has 3 rings (SSSR count). The van der Waals surface area contributed by atoms with Crippen LogP contribution in [-0.2, 0) is 9.53 Å². The molecular formula is C16H19N3O2S. The zero-order chi connectivity index (χ0) is 15.5. The minimum atomic E-state index is 0.0122. The highest BCUT2D eigenvalue weighted by Gasteiger charge is 2.27. The van der Waals surface area contributed by atoms with Gasteiger partial charge in [0.05, 0.1) is 13.2 Å². The maximum absolute atomic E-state index is 12.1. The summed E-state index contributed by atoms with van der Waals surface area (Å²) in [5.41, 5.74) is 2.64. The minimum absolute atomic E-state index is 0.0122. The van der Waals surface area contributed by atoms with Crippen LogP contribution in [0.5, 0.6) is 0 Å². The summed E-state index contributed by atoms with van der Waals surface area (Å²) < 4.78 is 5.33. The Morgan fingerprint density at radius 3 is 2.55 bits per heavy atom. The summed E-state index contributed by atoms with van der Waals surface area (Å²) in [6.45, 7) is 2.98. The first-order valence-electron chi connectivity index (χ1n) is 7.26. The third-order valence-electron chi connectivity index (χ3n) is 3.60. The van der Waals surface area contributed by atoms with Gasteiger partial charge >= 0.3 is 0 Å². The number of carbonyl (C=O) groups is 1. The van der Waals surface area contributed by atoms with Gasteiger partial charge in [0.2, 0.25) is 5.12 Å². The Labute approximate surface area is 134 Å². The number of hydrogen-bond donors (Lipinski definition) is 0. The number of rotatable bonds is 2. The molecule has 0 unspecified atom stereocenters. The number of morpholine rings is 1. The highest BCUT2D eigenvalue weighted by atomic mass is 32.2. The summed E-state index contributed by atoms with van der Waals surface area (Å²) in [5, 5.41) is 0.808. The number of carbonyl (C=O) groups excluding carboxylic acids is 1. The first-order chi connectivity index (χ1) is 10.6. The molecule has 0 saturated carbocycles. The lowest BCUT2D eigenvalue weighted by molar-refractivity contribution is -0.107. The van der Waals surface area contributed by atoms with E-state index in [4.69, 9.17) is 4.74 Å². The van der Waals surface area contributed by atoms with Gasteiger partial charge in [0.25, 0.3) is 0 Å². The van der Waals surface area contributed by atoms with Crippen LogP contribution in [0.3, 0.4) is 0 Å². The van der Waals surface area contributed by atoms with Gasteiger partial charge in [0, 0.05) is 32.9 Å². The SMILES string of the molecule is CN(C)c1ccc(C=C2N=C(N3CCOCC3)SC2=O)cc1. The van der Waals surface area contributed by atoms with Gasteiger partial charge in [-0.05, 0) is 35.5 Å². The molecule has 1 fully saturated rings. The van der Waals surface area contributed by atoms with E-state index in [0.717, 1.165) is 29.5 Å². The largest absolute Gasteiger partial charge is 0.378 e. The van der Waals surface area contributed by atoms with E-state index in [1.54, 1.807) is 0 Å². The molecule has 1 aromatic carbocycles. The molecule has 22 heavy (non-hydrogen) atoms. The van der Waals surface area contributed by atoms with Crippen molar-refractivity contribution in [1.82, 2.24) is 4.90 Å². The molecule has 0 atom stereocenters. The summed E-state index contributed by atoms with van der Waals surface area (Å²) in [5.74, 6) is 0. The van der Waals surface area contributed by atoms with Crippen molar-refractivity contribution in [3.8, 4) is 0 Å². The van der Waals surface area contributed by atoms with Crippen LogP contribution in [0, 0.1) is 0 Å². The molecule has 0 bridgehead atoms. The fourth-order valence-electron chi connectivity index (χ4n) is 2.31. The van der Waals surface area contributed by atoms with E-state index in [9.17, 15) is 4.79 Å². The van der Waals surface area contributed by atoms with Crippen molar-refractivity contribution in [3.05, 3.63) is 35.5 Å². The highest BCUT2D eigenvalue weighted by Crippen LogP contribution is 2.27. The molecule has 0 aromatic heterocycles. The zero-order valence-electron chi connectivity index (χ0n) is 12.8. The standard InChI is InChI=1S/C16H19N3O2S/c1-18(2)13-5-3-12(4-6-13)11-14-15(20)22-16(17-14)19-7-9-21-10-8-19/h3-6,11H,7-10H2,1-2H3. The quantitative estimate of drug-likeness (QED) is 0.781. The third-order valence-corrected chi connectivity index (χ3v) is 4.53. The molecule has 2 aliphatic rings. The number of nitrogens with zero attached hydrogens (tertiary/aromatic N) is 3. The molecule has 2 heterocycles. The van der Waals surface area contributed by atoms with Gasteiger partial charge in [0.15, 0.2) is 5.17 Å². The number of ether oxygens (including phenoxy) is 1. The van der Waals surface area contributed by atoms with E-state index >= 15 is 0 Å². The van der Waals surface area contributed by atoms with Crippen LogP contribution >= 0.6 is 11.8 Å². The first-order valence-corrected chi connectivity index (χ1v) is 8.08. The van der Waals surface area contributed by atoms with Crippen molar-refractivity contribution in [2.75, 3.05) is 45.3 Å². The molecule has 1 aromatic rings. The van der Waals surface area contributed by atoms with Crippen molar-refractivity contribution in [2.45, 2.75) is 0 Å². The molecule has 2 aliphatic heterocycles. The molecule has 6 heteroatoms. The van der Waals surface area contributed by atoms with Gasteiger partial charge in [-0.1, -0.05) is 12.1 Å². The van der Waals surface area contributed by atoms with Crippen molar-refractivity contribution in [1.29, 1.82) is 0 Å². The molecule has 5 nitrogen and oxygen atoms in total. The smallest absolute Gasteiger partial charge is 0.245 e. The molecule has 0 amide bonds. The second kappa shape index (κ2) is 6.54. The van der Waals surface area contributed by atoms with E-state index in [1.807, 2.05) is 49.3 Å². The summed E-state index contributed by atoms with van der Waals surface area (Å²) in [6, 6.07) is 8.07. The van der Waals surface area contributed by atoms with Gasteiger partial charge in [-0.2, -0.15) is 0 Å². The van der Waals surface area contributed by atoms with Gasteiger partial charge in [-0.15, -0.1) is 0 Å². The van der Waals surface area contributed by atoms with Gasteiger partial charge in [-0.3, -0.25) is 4.79 Å². The molecule has 0 aliphatic carbocycles. The molecule has 0 N–H and O–H groups in total. The highest BCUT2D eigenvalue weighted by molar-refractivity contribution is 8.27. The number of aliphatic imine (C=N–C) groups is 1. The molecule has 1 saturated heterocycles. The average Bonchev–Trinajstić information content (AvgIpc) is 2.90. The summed E-state index contributed by atoms with van der Waals surface area (Å²) >= 11 is 1.21. The predicted octanol–water partition coefficient (Wildman–Crippen LogP) is 2.06. The van der Waals surface area contributed by atoms with Crippen LogP contribution in [0.15, 0.2) is 35.0 Å². The van der Waals surface area contributed by atoms with E-state index in [0.29, 0.717) is 18.9 Å². The normalized spacial score (nSPS) is 20.5. The Hall–Kier alpha value is -1.79. The van der Waals surface area contributed by atoms with E-state index < -0.39 is 0 Å². The van der Waals surface area contributed by atoms with Crippen molar-refractivity contribution < 1.29 is 9.53 Å². The lowest BCUT2D eigenvalue weighted by atomic mass is 10.1. The average molecular weight is 317 g/mol. The Morgan fingerprint density at radius 2 is 1.91 bits per heavy atom. The van der Waals surface area contributed by atoms with Crippen LogP contribution in [0.1, 0.15) is 5.56 Å². The van der Waals surface area contributed by atoms with Gasteiger partial charge in [-0.25, -0.2) is 4.99 Å². The number of amidine groups is 1. The molecular weight excluding hydrogens is 298 g/mol. The van der Waals surface area contributed by atoms with Crippen LogP contribution in [-0.4, -0.2) is 55.6 Å². The summed E-state index contributed by atoms with van der Waals surface area (Å²) in [4.78, 5) is 20.8. The second-order valence-electron chi connectivity index (χ2n) is 5.40. The Balaban J connectivity index is 1.77. The minimum Gasteiger partial charge on any atom is -0.378 e. The topological polar surface area (TPSA) is 45.1 Å². The number of thioether (sulfide) groups is 1. The van der Waals surface area contributed by atoms with Crippen LogP contribution in [0.25, 0.3) is 6.08 Å².